The molecule has 0 amide bonds. The van der Waals surface area contributed by atoms with Crippen LogP contribution in [0.15, 0.2) is 41.0 Å². The number of benzene rings is 1. The molecule has 0 radical (unpaired) electrons. The van der Waals surface area contributed by atoms with Gasteiger partial charge in [-0.05, 0) is 29.8 Å². The molecule has 0 fully saturated rings. The van der Waals surface area contributed by atoms with Crippen molar-refractivity contribution < 1.29 is 14.3 Å². The van der Waals surface area contributed by atoms with E-state index < -0.39 is 5.97 Å². The summed E-state index contributed by atoms with van der Waals surface area (Å²) < 4.78 is 5.16. The van der Waals surface area contributed by atoms with Crippen molar-refractivity contribution in [2.24, 2.45) is 0 Å². The summed E-state index contributed by atoms with van der Waals surface area (Å²) in [5.41, 5.74) is 1.65. The van der Waals surface area contributed by atoms with E-state index in [1.54, 1.807) is 12.3 Å². The lowest BCUT2D eigenvalue weighted by molar-refractivity contribution is -0.131. The summed E-state index contributed by atoms with van der Waals surface area (Å²) in [4.78, 5) is 10.3. The van der Waals surface area contributed by atoms with Crippen LogP contribution < -0.4 is 0 Å². The molecule has 14 heavy (non-hydrogen) atoms. The summed E-state index contributed by atoms with van der Waals surface area (Å²) in [6.45, 7) is 0. The first-order valence-corrected chi connectivity index (χ1v) is 4.14. The fraction of sp³-hybridized carbons (Fsp3) is 0. The van der Waals surface area contributed by atoms with E-state index in [0.29, 0.717) is 0 Å². The van der Waals surface area contributed by atoms with E-state index >= 15 is 0 Å². The van der Waals surface area contributed by atoms with Crippen LogP contribution in [0.5, 0.6) is 0 Å². The zero-order valence-corrected chi connectivity index (χ0v) is 7.31. The van der Waals surface area contributed by atoms with Crippen LogP contribution in [-0.2, 0) is 4.79 Å². The second-order valence-corrected chi connectivity index (χ2v) is 2.89. The SMILES string of the molecule is O=C(O)C=Cc1ccc2occc2c1. The maximum atomic E-state index is 10.3. The van der Waals surface area contributed by atoms with Crippen molar-refractivity contribution in [3.8, 4) is 0 Å². The second-order valence-electron chi connectivity index (χ2n) is 2.89. The maximum absolute atomic E-state index is 10.3. The lowest BCUT2D eigenvalue weighted by atomic mass is 10.1. The average Bonchev–Trinajstić information content (AvgIpc) is 2.61. The molecule has 0 aliphatic heterocycles. The third-order valence-electron chi connectivity index (χ3n) is 1.89. The fourth-order valence-electron chi connectivity index (χ4n) is 1.26. The van der Waals surface area contributed by atoms with Crippen LogP contribution in [-0.4, -0.2) is 11.1 Å². The van der Waals surface area contributed by atoms with Gasteiger partial charge in [-0.15, -0.1) is 0 Å². The smallest absolute Gasteiger partial charge is 0.328 e. The van der Waals surface area contributed by atoms with Gasteiger partial charge in [0.25, 0.3) is 0 Å². The van der Waals surface area contributed by atoms with Gasteiger partial charge < -0.3 is 9.52 Å². The van der Waals surface area contributed by atoms with Crippen LogP contribution in [0.25, 0.3) is 17.0 Å². The van der Waals surface area contributed by atoms with E-state index in [9.17, 15) is 4.79 Å². The molecule has 0 unspecified atom stereocenters. The van der Waals surface area contributed by atoms with E-state index in [0.717, 1.165) is 22.6 Å². The highest BCUT2D eigenvalue weighted by Gasteiger charge is 1.96. The zero-order chi connectivity index (χ0) is 9.97. The standard InChI is InChI=1S/C11H8O3/c12-11(13)4-2-8-1-3-10-9(7-8)5-6-14-10/h1-7H,(H,12,13). The van der Waals surface area contributed by atoms with Gasteiger partial charge in [0.2, 0.25) is 0 Å². The van der Waals surface area contributed by atoms with Crippen molar-refractivity contribution in [3.63, 3.8) is 0 Å². The molecule has 1 heterocycles. The van der Waals surface area contributed by atoms with Crippen molar-refractivity contribution in [2.45, 2.75) is 0 Å². The molecule has 0 atom stereocenters. The van der Waals surface area contributed by atoms with Crippen LogP contribution in [0, 0.1) is 0 Å². The third kappa shape index (κ3) is 1.66. The minimum Gasteiger partial charge on any atom is -0.478 e. The predicted molar refractivity (Wildman–Crippen MR) is 52.9 cm³/mol. The second kappa shape index (κ2) is 3.38. The Bertz CT molecular complexity index is 494. The van der Waals surface area contributed by atoms with Crippen LogP contribution >= 0.6 is 0 Å². The summed E-state index contributed by atoms with van der Waals surface area (Å²) in [5.74, 6) is -0.947. The number of hydrogen-bond acceptors (Lipinski definition) is 2. The molecule has 3 heteroatoms. The van der Waals surface area contributed by atoms with Crippen molar-refractivity contribution in [3.05, 3.63) is 42.2 Å². The Balaban J connectivity index is 2.39. The number of carboxylic acid groups (broad SMARTS) is 1. The van der Waals surface area contributed by atoms with Gasteiger partial charge in [-0.3, -0.25) is 0 Å². The molecule has 0 aliphatic carbocycles. The average molecular weight is 188 g/mol. The molecule has 1 N–H and O–H groups in total. The number of carbonyl (C=O) groups is 1. The molecule has 0 saturated carbocycles. The maximum Gasteiger partial charge on any atom is 0.328 e. The number of aliphatic carboxylic acids is 1. The first-order chi connectivity index (χ1) is 6.75. The fourth-order valence-corrected chi connectivity index (χ4v) is 1.26. The first-order valence-electron chi connectivity index (χ1n) is 4.14. The van der Waals surface area contributed by atoms with Gasteiger partial charge in [-0.25, -0.2) is 4.79 Å². The van der Waals surface area contributed by atoms with Crippen LogP contribution in [0.1, 0.15) is 5.56 Å². The van der Waals surface area contributed by atoms with Gasteiger partial charge in [-0.1, -0.05) is 6.07 Å². The molecule has 70 valence electrons. The Hall–Kier alpha value is -2.03. The van der Waals surface area contributed by atoms with E-state index in [1.165, 1.54) is 0 Å². The highest BCUT2D eigenvalue weighted by atomic mass is 16.4. The molecule has 0 spiro atoms. The summed E-state index contributed by atoms with van der Waals surface area (Å²) >= 11 is 0. The normalized spacial score (nSPS) is 11.1. The lowest BCUT2D eigenvalue weighted by Gasteiger charge is -1.92. The van der Waals surface area contributed by atoms with Gasteiger partial charge in [0, 0.05) is 11.5 Å². The number of carboxylic acids is 1. The van der Waals surface area contributed by atoms with E-state index in [-0.39, 0.29) is 0 Å². The van der Waals surface area contributed by atoms with Crippen LogP contribution in [0.4, 0.5) is 0 Å². The minimum atomic E-state index is -0.947. The highest BCUT2D eigenvalue weighted by molar-refractivity contribution is 5.87. The van der Waals surface area contributed by atoms with Crippen LogP contribution in [0.2, 0.25) is 0 Å². The van der Waals surface area contributed by atoms with Gasteiger partial charge in [-0.2, -0.15) is 0 Å². The monoisotopic (exact) mass is 188 g/mol. The molecule has 0 saturated heterocycles. The first kappa shape index (κ1) is 8.56. The molecule has 2 aromatic rings. The molecular formula is C11H8O3. The number of fused-ring (bicyclic) bond motifs is 1. The Kier molecular flexibility index (Phi) is 2.07. The van der Waals surface area contributed by atoms with Crippen LogP contribution in [0.3, 0.4) is 0 Å². The number of furan rings is 1. The largest absolute Gasteiger partial charge is 0.478 e. The summed E-state index contributed by atoms with van der Waals surface area (Å²) in [5, 5.41) is 9.41. The van der Waals surface area contributed by atoms with E-state index in [2.05, 4.69) is 0 Å². The van der Waals surface area contributed by atoms with Crippen molar-refractivity contribution in [1.82, 2.24) is 0 Å². The Morgan fingerprint density at radius 2 is 2.21 bits per heavy atom. The Morgan fingerprint density at radius 1 is 1.36 bits per heavy atom. The highest BCUT2D eigenvalue weighted by Crippen LogP contribution is 2.17. The van der Waals surface area contributed by atoms with Gasteiger partial charge >= 0.3 is 5.97 Å². The lowest BCUT2D eigenvalue weighted by Crippen LogP contribution is -1.85. The molecular weight excluding hydrogens is 180 g/mol. The van der Waals surface area contributed by atoms with Gasteiger partial charge in [0.05, 0.1) is 6.26 Å². The van der Waals surface area contributed by atoms with Gasteiger partial charge in [0.15, 0.2) is 0 Å². The van der Waals surface area contributed by atoms with Crippen molar-refractivity contribution in [1.29, 1.82) is 0 Å². The molecule has 0 bridgehead atoms. The van der Waals surface area contributed by atoms with E-state index in [4.69, 9.17) is 9.52 Å². The molecule has 3 nitrogen and oxygen atoms in total. The topological polar surface area (TPSA) is 50.4 Å². The quantitative estimate of drug-likeness (QED) is 0.736. The predicted octanol–water partition coefficient (Wildman–Crippen LogP) is 2.53. The minimum absolute atomic E-state index is 0.803. The summed E-state index contributed by atoms with van der Waals surface area (Å²) in [7, 11) is 0. The van der Waals surface area contributed by atoms with E-state index in [1.807, 2.05) is 24.3 Å². The third-order valence-corrected chi connectivity index (χ3v) is 1.89. The Morgan fingerprint density at radius 3 is 3.00 bits per heavy atom. The van der Waals surface area contributed by atoms with Crippen molar-refractivity contribution >= 4 is 23.0 Å². The summed E-state index contributed by atoms with van der Waals surface area (Å²) in [6.07, 6.45) is 4.27. The molecule has 1 aromatic heterocycles. The number of hydrogen-bond donors (Lipinski definition) is 1. The Labute approximate surface area is 80.3 Å². The van der Waals surface area contributed by atoms with Crippen molar-refractivity contribution in [2.75, 3.05) is 0 Å². The molecule has 2 rings (SSSR count). The zero-order valence-electron chi connectivity index (χ0n) is 7.31. The molecule has 1 aromatic carbocycles. The molecule has 0 aliphatic rings. The summed E-state index contributed by atoms with van der Waals surface area (Å²) in [6, 6.07) is 7.34. The number of rotatable bonds is 2. The van der Waals surface area contributed by atoms with Gasteiger partial charge in [0.1, 0.15) is 5.58 Å².